The Morgan fingerprint density at radius 1 is 1.39 bits per heavy atom. The first kappa shape index (κ1) is 18.0. The van der Waals surface area contributed by atoms with E-state index in [4.69, 9.17) is 19.9 Å². The highest BCUT2D eigenvalue weighted by Crippen LogP contribution is 2.34. The highest BCUT2D eigenvalue weighted by Gasteiger charge is 2.17. The molecule has 2 aliphatic heterocycles. The second-order valence-electron chi connectivity index (χ2n) is 5.80. The van der Waals surface area contributed by atoms with Gasteiger partial charge in [0.15, 0.2) is 17.5 Å². The number of piperidine rings is 1. The predicted octanol–water partition coefficient (Wildman–Crippen LogP) is 2.46. The van der Waals surface area contributed by atoms with Crippen LogP contribution in [0.15, 0.2) is 23.2 Å². The Bertz CT molecular complexity index is 553. The van der Waals surface area contributed by atoms with Gasteiger partial charge < -0.3 is 24.8 Å². The first-order valence-electron chi connectivity index (χ1n) is 7.79. The summed E-state index contributed by atoms with van der Waals surface area (Å²) >= 11 is 0. The minimum Gasteiger partial charge on any atom is -0.492 e. The monoisotopic (exact) mass is 433 g/mol. The molecule has 1 unspecified atom stereocenters. The molecule has 0 amide bonds. The fourth-order valence-corrected chi connectivity index (χ4v) is 2.79. The molecule has 0 spiro atoms. The molecule has 2 aliphatic rings. The molecule has 3 rings (SSSR count). The van der Waals surface area contributed by atoms with Gasteiger partial charge in [-0.15, -0.1) is 24.0 Å². The Hall–Kier alpha value is -1.38. The lowest BCUT2D eigenvalue weighted by Crippen LogP contribution is -2.43. The summed E-state index contributed by atoms with van der Waals surface area (Å²) in [7, 11) is 0. The molecule has 1 aromatic carbocycles. The zero-order chi connectivity index (χ0) is 15.4. The molecule has 2 heterocycles. The van der Waals surface area contributed by atoms with Crippen LogP contribution in [0.5, 0.6) is 17.2 Å². The third kappa shape index (κ3) is 4.79. The fraction of sp³-hybridized carbons (Fsp3) is 0.562. The van der Waals surface area contributed by atoms with Crippen molar-refractivity contribution in [2.75, 3.05) is 33.0 Å². The number of benzene rings is 1. The van der Waals surface area contributed by atoms with Gasteiger partial charge in [-0.05, 0) is 30.9 Å². The highest BCUT2D eigenvalue weighted by atomic mass is 127. The van der Waals surface area contributed by atoms with E-state index in [1.54, 1.807) is 0 Å². The van der Waals surface area contributed by atoms with Gasteiger partial charge in [-0.1, -0.05) is 6.92 Å². The van der Waals surface area contributed by atoms with Crippen LogP contribution in [0.3, 0.4) is 0 Å². The lowest BCUT2D eigenvalue weighted by molar-refractivity contribution is 0.173. The van der Waals surface area contributed by atoms with Gasteiger partial charge in [0, 0.05) is 19.2 Å². The number of nitrogens with two attached hydrogens (primary N) is 1. The maximum Gasteiger partial charge on any atom is 0.231 e. The third-order valence-electron chi connectivity index (χ3n) is 3.96. The Balaban J connectivity index is 0.00000192. The first-order chi connectivity index (χ1) is 10.7. The molecule has 128 valence electrons. The van der Waals surface area contributed by atoms with Gasteiger partial charge in [-0.25, -0.2) is 4.99 Å². The topological polar surface area (TPSA) is 69.3 Å². The molecule has 0 bridgehead atoms. The molecule has 0 aliphatic carbocycles. The van der Waals surface area contributed by atoms with Crippen LogP contribution in [-0.2, 0) is 0 Å². The average Bonchev–Trinajstić information content (AvgIpc) is 2.99. The summed E-state index contributed by atoms with van der Waals surface area (Å²) in [5, 5.41) is 0. The van der Waals surface area contributed by atoms with Crippen molar-refractivity contribution in [1.29, 1.82) is 0 Å². The van der Waals surface area contributed by atoms with Crippen LogP contribution in [0, 0.1) is 5.92 Å². The number of halogens is 1. The van der Waals surface area contributed by atoms with Gasteiger partial charge in [0.1, 0.15) is 12.4 Å². The van der Waals surface area contributed by atoms with E-state index >= 15 is 0 Å². The van der Waals surface area contributed by atoms with Crippen molar-refractivity contribution in [3.8, 4) is 17.2 Å². The first-order valence-corrected chi connectivity index (χ1v) is 7.79. The quantitative estimate of drug-likeness (QED) is 0.342. The van der Waals surface area contributed by atoms with E-state index in [0.29, 0.717) is 25.0 Å². The molecule has 1 aromatic rings. The van der Waals surface area contributed by atoms with Gasteiger partial charge in [0.2, 0.25) is 6.79 Å². The number of likely N-dealkylation sites (tertiary alicyclic amines) is 1. The molecule has 1 atom stereocenters. The molecule has 6 nitrogen and oxygen atoms in total. The van der Waals surface area contributed by atoms with E-state index in [9.17, 15) is 0 Å². The van der Waals surface area contributed by atoms with Crippen molar-refractivity contribution in [2.45, 2.75) is 19.8 Å². The van der Waals surface area contributed by atoms with E-state index in [0.717, 1.165) is 30.3 Å². The molecule has 0 saturated carbocycles. The minimum absolute atomic E-state index is 0. The zero-order valence-electron chi connectivity index (χ0n) is 13.4. The van der Waals surface area contributed by atoms with Crippen LogP contribution in [0.2, 0.25) is 0 Å². The molecule has 23 heavy (non-hydrogen) atoms. The van der Waals surface area contributed by atoms with Crippen molar-refractivity contribution in [3.63, 3.8) is 0 Å². The van der Waals surface area contributed by atoms with E-state index in [1.807, 2.05) is 18.2 Å². The number of rotatable bonds is 4. The van der Waals surface area contributed by atoms with Crippen molar-refractivity contribution in [1.82, 2.24) is 4.90 Å². The number of hydrogen-bond donors (Lipinski definition) is 1. The summed E-state index contributed by atoms with van der Waals surface area (Å²) in [6, 6.07) is 5.55. The number of ether oxygens (including phenoxy) is 3. The van der Waals surface area contributed by atoms with Crippen molar-refractivity contribution in [2.24, 2.45) is 16.6 Å². The molecule has 1 fully saturated rings. The summed E-state index contributed by atoms with van der Waals surface area (Å²) in [5.74, 6) is 3.55. The summed E-state index contributed by atoms with van der Waals surface area (Å²) in [6.07, 6.45) is 2.46. The standard InChI is InChI=1S/C16H23N3O3.HI/c1-12-3-2-7-19(10-12)16(17)18-6-8-20-13-4-5-14-15(9-13)22-11-21-14;/h4-5,9,12H,2-3,6-8,10-11H2,1H3,(H2,17,18);1H. The number of hydrogen-bond acceptors (Lipinski definition) is 4. The Kier molecular flexibility index (Phi) is 6.61. The lowest BCUT2D eigenvalue weighted by atomic mass is 10.0. The smallest absolute Gasteiger partial charge is 0.231 e. The summed E-state index contributed by atoms with van der Waals surface area (Å²) in [6.45, 7) is 5.56. The van der Waals surface area contributed by atoms with Crippen molar-refractivity contribution < 1.29 is 14.2 Å². The van der Waals surface area contributed by atoms with Gasteiger partial charge in [-0.3, -0.25) is 0 Å². The molecule has 1 saturated heterocycles. The number of fused-ring (bicyclic) bond motifs is 1. The van der Waals surface area contributed by atoms with Crippen LogP contribution in [0.4, 0.5) is 0 Å². The summed E-state index contributed by atoms with van der Waals surface area (Å²) < 4.78 is 16.3. The molecule has 0 aromatic heterocycles. The predicted molar refractivity (Wildman–Crippen MR) is 99.9 cm³/mol. The molecular weight excluding hydrogens is 409 g/mol. The van der Waals surface area contributed by atoms with Crippen LogP contribution in [0.25, 0.3) is 0 Å². The van der Waals surface area contributed by atoms with E-state index in [2.05, 4.69) is 16.8 Å². The van der Waals surface area contributed by atoms with E-state index < -0.39 is 0 Å². The van der Waals surface area contributed by atoms with E-state index in [1.165, 1.54) is 12.8 Å². The van der Waals surface area contributed by atoms with Crippen LogP contribution < -0.4 is 19.9 Å². The number of aliphatic imine (C=N–C) groups is 1. The van der Waals surface area contributed by atoms with Gasteiger partial charge >= 0.3 is 0 Å². The van der Waals surface area contributed by atoms with Crippen LogP contribution in [-0.4, -0.2) is 43.9 Å². The van der Waals surface area contributed by atoms with Gasteiger partial charge in [-0.2, -0.15) is 0 Å². The SMILES string of the molecule is CC1CCCN(C(N)=NCCOc2ccc3c(c2)OCO3)C1.I. The van der Waals surface area contributed by atoms with Crippen LogP contribution in [0.1, 0.15) is 19.8 Å². The second-order valence-corrected chi connectivity index (χ2v) is 5.80. The molecule has 7 heteroatoms. The highest BCUT2D eigenvalue weighted by molar-refractivity contribution is 14.0. The van der Waals surface area contributed by atoms with Crippen molar-refractivity contribution in [3.05, 3.63) is 18.2 Å². The van der Waals surface area contributed by atoms with Crippen LogP contribution >= 0.6 is 24.0 Å². The minimum atomic E-state index is 0. The third-order valence-corrected chi connectivity index (χ3v) is 3.96. The van der Waals surface area contributed by atoms with Gasteiger partial charge in [0.05, 0.1) is 6.54 Å². The average molecular weight is 433 g/mol. The Labute approximate surface area is 154 Å². The Morgan fingerprint density at radius 2 is 2.22 bits per heavy atom. The summed E-state index contributed by atoms with van der Waals surface area (Å²) in [5.41, 5.74) is 6.05. The number of nitrogens with zero attached hydrogens (tertiary/aromatic N) is 2. The maximum atomic E-state index is 6.05. The molecular formula is C16H24IN3O3. The summed E-state index contributed by atoms with van der Waals surface area (Å²) in [4.78, 5) is 6.57. The fourth-order valence-electron chi connectivity index (χ4n) is 2.79. The molecule has 2 N–H and O–H groups in total. The van der Waals surface area contributed by atoms with Crippen molar-refractivity contribution >= 4 is 29.9 Å². The Morgan fingerprint density at radius 3 is 3.04 bits per heavy atom. The lowest BCUT2D eigenvalue weighted by Gasteiger charge is -2.31. The van der Waals surface area contributed by atoms with E-state index in [-0.39, 0.29) is 30.8 Å². The number of guanidine groups is 1. The van der Waals surface area contributed by atoms with Gasteiger partial charge in [0.25, 0.3) is 0 Å². The maximum absolute atomic E-state index is 6.05. The normalized spacial score (nSPS) is 20.1. The largest absolute Gasteiger partial charge is 0.492 e. The second kappa shape index (κ2) is 8.47. The zero-order valence-corrected chi connectivity index (χ0v) is 15.7. The molecule has 0 radical (unpaired) electrons.